The van der Waals surface area contributed by atoms with Gasteiger partial charge in [0.05, 0.1) is 0 Å². The Labute approximate surface area is 170 Å². The van der Waals surface area contributed by atoms with E-state index in [2.05, 4.69) is 6.92 Å². The summed E-state index contributed by atoms with van der Waals surface area (Å²) in [6, 6.07) is 0. The van der Waals surface area contributed by atoms with E-state index in [4.69, 9.17) is 9.84 Å². The minimum atomic E-state index is -0.579. The van der Waals surface area contributed by atoms with E-state index in [0.717, 1.165) is 44.9 Å². The molecule has 0 spiro atoms. The summed E-state index contributed by atoms with van der Waals surface area (Å²) in [6.45, 7) is 3.27. The third-order valence-electron chi connectivity index (χ3n) is 5.42. The highest BCUT2D eigenvalue weighted by atomic mass is 16.6. The second-order valence-electron chi connectivity index (χ2n) is 8.20. The van der Waals surface area contributed by atoms with Gasteiger partial charge in [-0.15, -0.1) is 0 Å². The van der Waals surface area contributed by atoms with Crippen molar-refractivity contribution in [3.05, 3.63) is 0 Å². The molecule has 0 radical (unpaired) electrons. The molecule has 0 amide bonds. The summed E-state index contributed by atoms with van der Waals surface area (Å²) < 4.78 is 5.49. The molecular weight excluding hydrogens is 336 g/mol. The molecule has 0 aromatic rings. The van der Waals surface area contributed by atoms with Crippen LogP contribution in [0.15, 0.2) is 0 Å². The zero-order valence-corrected chi connectivity index (χ0v) is 18.4. The molecule has 0 aromatic carbocycles. The number of rotatable bonds is 23. The van der Waals surface area contributed by atoms with E-state index in [-0.39, 0.29) is 0 Å². The van der Waals surface area contributed by atoms with Crippen LogP contribution in [0.4, 0.5) is 0 Å². The Hall–Kier alpha value is -0.120. The van der Waals surface area contributed by atoms with Crippen LogP contribution in [0.5, 0.6) is 0 Å². The van der Waals surface area contributed by atoms with Gasteiger partial charge in [-0.3, -0.25) is 0 Å². The van der Waals surface area contributed by atoms with Crippen molar-refractivity contribution in [3.63, 3.8) is 0 Å². The summed E-state index contributed by atoms with van der Waals surface area (Å²) in [4.78, 5) is 0. The molecule has 3 nitrogen and oxygen atoms in total. The zero-order chi connectivity index (χ0) is 19.8. The number of unbranched alkanes of at least 4 members (excludes halogenated alkanes) is 17. The van der Waals surface area contributed by atoms with Crippen LogP contribution in [-0.2, 0) is 4.74 Å². The summed E-state index contributed by atoms with van der Waals surface area (Å²) in [6.07, 6.45) is 24.6. The lowest BCUT2D eigenvalue weighted by Gasteiger charge is -2.11. The standard InChI is InChI=1S/C24H50O3/c1-2-3-4-5-6-7-8-9-10-11-12-13-17-20-23-27-24(26)21-18-15-14-16-19-22-25/h24-26H,2-23H2,1H3. The van der Waals surface area contributed by atoms with E-state index in [1.54, 1.807) is 0 Å². The van der Waals surface area contributed by atoms with Crippen molar-refractivity contribution in [3.8, 4) is 0 Å². The van der Waals surface area contributed by atoms with Crippen LogP contribution >= 0.6 is 0 Å². The van der Waals surface area contributed by atoms with Gasteiger partial charge in [-0.2, -0.15) is 0 Å². The fourth-order valence-corrected chi connectivity index (χ4v) is 3.56. The summed E-state index contributed by atoms with van der Waals surface area (Å²) in [7, 11) is 0. The third-order valence-corrected chi connectivity index (χ3v) is 5.42. The first kappa shape index (κ1) is 26.9. The van der Waals surface area contributed by atoms with Gasteiger partial charge >= 0.3 is 0 Å². The second kappa shape index (κ2) is 23.9. The van der Waals surface area contributed by atoms with Crippen LogP contribution in [0.2, 0.25) is 0 Å². The summed E-state index contributed by atoms with van der Waals surface area (Å²) in [5, 5.41) is 18.5. The first-order valence-electron chi connectivity index (χ1n) is 12.2. The van der Waals surface area contributed by atoms with Gasteiger partial charge in [0.25, 0.3) is 0 Å². The van der Waals surface area contributed by atoms with Crippen LogP contribution < -0.4 is 0 Å². The second-order valence-corrected chi connectivity index (χ2v) is 8.20. The van der Waals surface area contributed by atoms with Crippen LogP contribution in [0.3, 0.4) is 0 Å². The SMILES string of the molecule is CCCCCCCCCCCCCCCCOC(O)CCCCCCCO. The predicted octanol–water partition coefficient (Wildman–Crippen LogP) is 7.14. The molecule has 27 heavy (non-hydrogen) atoms. The molecule has 0 fully saturated rings. The van der Waals surface area contributed by atoms with Crippen molar-refractivity contribution in [2.45, 2.75) is 142 Å². The molecule has 0 aliphatic carbocycles. The van der Waals surface area contributed by atoms with Crippen LogP contribution in [0, 0.1) is 0 Å². The molecule has 0 saturated heterocycles. The zero-order valence-electron chi connectivity index (χ0n) is 18.4. The van der Waals surface area contributed by atoms with Crippen molar-refractivity contribution >= 4 is 0 Å². The Morgan fingerprint density at radius 3 is 1.44 bits per heavy atom. The smallest absolute Gasteiger partial charge is 0.154 e. The molecule has 164 valence electrons. The van der Waals surface area contributed by atoms with Crippen LogP contribution in [0.1, 0.15) is 135 Å². The van der Waals surface area contributed by atoms with Crippen molar-refractivity contribution in [1.82, 2.24) is 0 Å². The number of aliphatic hydroxyl groups excluding tert-OH is 2. The summed E-state index contributed by atoms with van der Waals surface area (Å²) >= 11 is 0. The van der Waals surface area contributed by atoms with Gasteiger partial charge in [-0.25, -0.2) is 0 Å². The number of hydrogen-bond acceptors (Lipinski definition) is 3. The van der Waals surface area contributed by atoms with E-state index in [1.165, 1.54) is 83.5 Å². The number of aliphatic hydroxyl groups is 2. The molecule has 0 saturated carbocycles. The number of hydrogen-bond donors (Lipinski definition) is 2. The van der Waals surface area contributed by atoms with E-state index in [1.807, 2.05) is 0 Å². The fourth-order valence-electron chi connectivity index (χ4n) is 3.56. The van der Waals surface area contributed by atoms with E-state index in [0.29, 0.717) is 13.2 Å². The Bertz CT molecular complexity index is 258. The average Bonchev–Trinajstić information content (AvgIpc) is 2.67. The molecule has 0 aliphatic heterocycles. The highest BCUT2D eigenvalue weighted by Gasteiger charge is 2.03. The molecule has 3 heteroatoms. The number of ether oxygens (including phenoxy) is 1. The van der Waals surface area contributed by atoms with Crippen LogP contribution in [0.25, 0.3) is 0 Å². The molecule has 1 atom stereocenters. The molecular formula is C24H50O3. The highest BCUT2D eigenvalue weighted by Crippen LogP contribution is 2.13. The van der Waals surface area contributed by atoms with Crippen molar-refractivity contribution in [1.29, 1.82) is 0 Å². The minimum absolute atomic E-state index is 0.297. The Kier molecular flexibility index (Phi) is 23.8. The lowest BCUT2D eigenvalue weighted by molar-refractivity contribution is -0.105. The summed E-state index contributed by atoms with van der Waals surface area (Å²) in [5.74, 6) is 0. The molecule has 0 heterocycles. The van der Waals surface area contributed by atoms with E-state index < -0.39 is 6.29 Å². The third kappa shape index (κ3) is 23.8. The topological polar surface area (TPSA) is 49.7 Å². The molecule has 0 rings (SSSR count). The maximum Gasteiger partial charge on any atom is 0.154 e. The predicted molar refractivity (Wildman–Crippen MR) is 117 cm³/mol. The molecule has 2 N–H and O–H groups in total. The Morgan fingerprint density at radius 1 is 0.556 bits per heavy atom. The largest absolute Gasteiger partial charge is 0.396 e. The van der Waals surface area contributed by atoms with Gasteiger partial charge < -0.3 is 14.9 Å². The van der Waals surface area contributed by atoms with E-state index >= 15 is 0 Å². The van der Waals surface area contributed by atoms with Gasteiger partial charge in [0, 0.05) is 13.2 Å². The molecule has 1 unspecified atom stereocenters. The minimum Gasteiger partial charge on any atom is -0.396 e. The maximum atomic E-state index is 9.79. The first-order chi connectivity index (χ1) is 13.3. The van der Waals surface area contributed by atoms with Gasteiger partial charge in [0.15, 0.2) is 6.29 Å². The van der Waals surface area contributed by atoms with Crippen molar-refractivity contribution in [2.75, 3.05) is 13.2 Å². The quantitative estimate of drug-likeness (QED) is 0.145. The van der Waals surface area contributed by atoms with Gasteiger partial charge in [0.2, 0.25) is 0 Å². The fraction of sp³-hybridized carbons (Fsp3) is 1.00. The van der Waals surface area contributed by atoms with Gasteiger partial charge in [0.1, 0.15) is 0 Å². The maximum absolute atomic E-state index is 9.79. The van der Waals surface area contributed by atoms with Crippen molar-refractivity contribution < 1.29 is 14.9 Å². The van der Waals surface area contributed by atoms with Crippen LogP contribution in [-0.4, -0.2) is 29.7 Å². The summed E-state index contributed by atoms with van der Waals surface area (Å²) in [5.41, 5.74) is 0. The van der Waals surface area contributed by atoms with Gasteiger partial charge in [-0.1, -0.05) is 110 Å². The Morgan fingerprint density at radius 2 is 0.963 bits per heavy atom. The highest BCUT2D eigenvalue weighted by molar-refractivity contribution is 4.50. The lowest BCUT2D eigenvalue weighted by atomic mass is 10.0. The van der Waals surface area contributed by atoms with E-state index in [9.17, 15) is 5.11 Å². The van der Waals surface area contributed by atoms with Gasteiger partial charge in [-0.05, 0) is 25.7 Å². The molecule has 0 aliphatic rings. The monoisotopic (exact) mass is 386 g/mol. The first-order valence-corrected chi connectivity index (χ1v) is 12.2. The average molecular weight is 387 g/mol. The molecule has 0 bridgehead atoms. The normalized spacial score (nSPS) is 12.6. The Balaban J connectivity index is 3.09. The molecule has 0 aromatic heterocycles. The van der Waals surface area contributed by atoms with Crippen molar-refractivity contribution in [2.24, 2.45) is 0 Å². The lowest BCUT2D eigenvalue weighted by Crippen LogP contribution is -2.12.